The topological polar surface area (TPSA) is 63.3 Å². The molecule has 2 rings (SSSR count). The minimum Gasteiger partial charge on any atom is -0.497 e. The molecular formula is C14H14N2O3S. The number of benzene rings is 1. The average molecular weight is 290 g/mol. The molecule has 1 heterocycles. The maximum atomic E-state index is 12.2. The molecule has 0 saturated heterocycles. The molecule has 0 spiro atoms. The zero-order valence-corrected chi connectivity index (χ0v) is 11.9. The molecule has 2 aromatic rings. The van der Waals surface area contributed by atoms with Gasteiger partial charge in [0.1, 0.15) is 16.1 Å². The molecule has 20 heavy (non-hydrogen) atoms. The summed E-state index contributed by atoms with van der Waals surface area (Å²) in [4.78, 5) is 15.0. The molecule has 1 amide bonds. The van der Waals surface area contributed by atoms with Gasteiger partial charge in [0.15, 0.2) is 0 Å². The van der Waals surface area contributed by atoms with Crippen molar-refractivity contribution in [1.82, 2.24) is 4.98 Å². The smallest absolute Gasteiger partial charge is 0.258 e. The molecule has 0 aliphatic carbocycles. The van der Waals surface area contributed by atoms with Crippen LogP contribution in [0.3, 0.4) is 0 Å². The number of amides is 1. The number of carbonyl (C=O) groups excluding carboxylic acids is 1. The molecular weight excluding hydrogens is 276 g/mol. The molecule has 0 unspecified atom stereocenters. The normalized spacial score (nSPS) is 9.90. The third-order valence-electron chi connectivity index (χ3n) is 2.67. The summed E-state index contributed by atoms with van der Waals surface area (Å²) in [6.45, 7) is 0. The van der Waals surface area contributed by atoms with Gasteiger partial charge >= 0.3 is 0 Å². The first kappa shape index (κ1) is 14.1. The molecule has 0 atom stereocenters. The zero-order chi connectivity index (χ0) is 14.5. The molecule has 1 aromatic carbocycles. The molecule has 1 aromatic heterocycles. The van der Waals surface area contributed by atoms with Crippen LogP contribution < -0.4 is 14.8 Å². The van der Waals surface area contributed by atoms with E-state index >= 15 is 0 Å². The summed E-state index contributed by atoms with van der Waals surface area (Å²) in [7, 11) is 3.10. The summed E-state index contributed by atoms with van der Waals surface area (Å²) >= 11 is 5.08. The lowest BCUT2D eigenvalue weighted by atomic mass is 10.2. The van der Waals surface area contributed by atoms with Crippen LogP contribution in [0.1, 0.15) is 10.4 Å². The third kappa shape index (κ3) is 3.16. The number of H-pyrrole nitrogens is 1. The minimum atomic E-state index is -0.290. The Bertz CT molecular complexity index is 660. The third-order valence-corrected chi connectivity index (χ3v) is 3.01. The van der Waals surface area contributed by atoms with Crippen LogP contribution >= 0.6 is 12.2 Å². The molecule has 104 valence electrons. The van der Waals surface area contributed by atoms with E-state index in [1.54, 1.807) is 50.7 Å². The van der Waals surface area contributed by atoms with Crippen LogP contribution in [0.5, 0.6) is 11.5 Å². The second-order valence-electron chi connectivity index (χ2n) is 3.97. The quantitative estimate of drug-likeness (QED) is 0.850. The van der Waals surface area contributed by atoms with Crippen molar-refractivity contribution in [1.29, 1.82) is 0 Å². The largest absolute Gasteiger partial charge is 0.497 e. The lowest BCUT2D eigenvalue weighted by Gasteiger charge is -2.09. The van der Waals surface area contributed by atoms with Crippen molar-refractivity contribution in [2.75, 3.05) is 19.5 Å². The first-order valence-corrected chi connectivity index (χ1v) is 6.27. The van der Waals surface area contributed by atoms with E-state index in [1.807, 2.05) is 0 Å². The number of rotatable bonds is 4. The number of anilines is 1. The second kappa shape index (κ2) is 6.21. The van der Waals surface area contributed by atoms with Gasteiger partial charge in [-0.05, 0) is 12.1 Å². The van der Waals surface area contributed by atoms with Crippen molar-refractivity contribution in [2.24, 2.45) is 0 Å². The van der Waals surface area contributed by atoms with Crippen LogP contribution in [0.25, 0.3) is 0 Å². The lowest BCUT2D eigenvalue weighted by Crippen LogP contribution is -2.13. The molecule has 6 heteroatoms. The maximum absolute atomic E-state index is 12.2. The van der Waals surface area contributed by atoms with Crippen molar-refractivity contribution in [3.05, 3.63) is 46.7 Å². The van der Waals surface area contributed by atoms with E-state index in [2.05, 4.69) is 10.3 Å². The Kier molecular flexibility index (Phi) is 4.37. The van der Waals surface area contributed by atoms with Crippen molar-refractivity contribution in [3.8, 4) is 11.5 Å². The van der Waals surface area contributed by atoms with Crippen LogP contribution in [0.2, 0.25) is 0 Å². The number of methoxy groups -OCH3 is 2. The van der Waals surface area contributed by atoms with Gasteiger partial charge in [0, 0.05) is 30.1 Å². The summed E-state index contributed by atoms with van der Waals surface area (Å²) in [5, 5.41) is 2.76. The first-order chi connectivity index (χ1) is 9.63. The van der Waals surface area contributed by atoms with E-state index in [9.17, 15) is 4.79 Å². The Hall–Kier alpha value is -2.34. The summed E-state index contributed by atoms with van der Waals surface area (Å²) in [5.74, 6) is 0.901. The van der Waals surface area contributed by atoms with Gasteiger partial charge in [0.25, 0.3) is 5.91 Å². The average Bonchev–Trinajstić information content (AvgIpc) is 2.47. The SMILES string of the molecule is COc1cc(NC(=O)c2ccc[nH]c2=S)cc(OC)c1. The highest BCUT2D eigenvalue weighted by Crippen LogP contribution is 2.26. The molecule has 0 aliphatic rings. The Morgan fingerprint density at radius 3 is 2.40 bits per heavy atom. The van der Waals surface area contributed by atoms with Crippen LogP contribution in [0, 0.1) is 4.64 Å². The number of hydrogen-bond acceptors (Lipinski definition) is 4. The van der Waals surface area contributed by atoms with Crippen molar-refractivity contribution in [3.63, 3.8) is 0 Å². The Morgan fingerprint density at radius 1 is 1.20 bits per heavy atom. The van der Waals surface area contributed by atoms with E-state index in [4.69, 9.17) is 21.7 Å². The second-order valence-corrected chi connectivity index (χ2v) is 4.38. The minimum absolute atomic E-state index is 0.290. The standard InChI is InChI=1S/C14H14N2O3S/c1-18-10-6-9(7-11(8-10)19-2)16-13(17)12-4-3-5-15-14(12)20/h3-8H,1-2H3,(H,15,20)(H,16,17). The molecule has 0 bridgehead atoms. The van der Waals surface area contributed by atoms with Gasteiger partial charge in [-0.2, -0.15) is 0 Å². The summed E-state index contributed by atoms with van der Waals surface area (Å²) in [6, 6.07) is 8.51. The molecule has 0 aliphatic heterocycles. The molecule has 0 saturated carbocycles. The fraction of sp³-hybridized carbons (Fsp3) is 0.143. The van der Waals surface area contributed by atoms with Gasteiger partial charge in [-0.15, -0.1) is 0 Å². The molecule has 0 radical (unpaired) electrons. The van der Waals surface area contributed by atoms with Crippen LogP contribution in [-0.2, 0) is 0 Å². The maximum Gasteiger partial charge on any atom is 0.258 e. The number of hydrogen-bond donors (Lipinski definition) is 2. The van der Waals surface area contributed by atoms with Gasteiger partial charge in [-0.25, -0.2) is 0 Å². The first-order valence-electron chi connectivity index (χ1n) is 5.86. The van der Waals surface area contributed by atoms with Gasteiger partial charge in [0.05, 0.1) is 19.8 Å². The summed E-state index contributed by atoms with van der Waals surface area (Å²) in [5.41, 5.74) is 0.980. The monoisotopic (exact) mass is 290 g/mol. The van der Waals surface area contributed by atoms with Gasteiger partial charge < -0.3 is 19.8 Å². The van der Waals surface area contributed by atoms with E-state index < -0.39 is 0 Å². The summed E-state index contributed by atoms with van der Waals surface area (Å²) < 4.78 is 10.7. The van der Waals surface area contributed by atoms with Gasteiger partial charge in [-0.3, -0.25) is 4.79 Å². The number of aromatic nitrogens is 1. The zero-order valence-electron chi connectivity index (χ0n) is 11.1. The number of pyridine rings is 1. The number of carbonyl (C=O) groups is 1. The molecule has 5 nitrogen and oxygen atoms in total. The lowest BCUT2D eigenvalue weighted by molar-refractivity contribution is 0.102. The van der Waals surface area contributed by atoms with Crippen LogP contribution in [-0.4, -0.2) is 25.1 Å². The Balaban J connectivity index is 2.28. The molecule has 2 N–H and O–H groups in total. The van der Waals surface area contributed by atoms with Gasteiger partial charge in [-0.1, -0.05) is 12.2 Å². The molecule has 0 fully saturated rings. The number of ether oxygens (including phenoxy) is 2. The highest BCUT2D eigenvalue weighted by molar-refractivity contribution is 7.71. The van der Waals surface area contributed by atoms with E-state index in [-0.39, 0.29) is 5.91 Å². The van der Waals surface area contributed by atoms with Crippen LogP contribution in [0.4, 0.5) is 5.69 Å². The van der Waals surface area contributed by atoms with E-state index in [1.165, 1.54) is 0 Å². The van der Waals surface area contributed by atoms with Crippen LogP contribution in [0.15, 0.2) is 36.5 Å². The van der Waals surface area contributed by atoms with Crippen molar-refractivity contribution in [2.45, 2.75) is 0 Å². The number of aromatic amines is 1. The van der Waals surface area contributed by atoms with Gasteiger partial charge in [0.2, 0.25) is 0 Å². The number of nitrogens with one attached hydrogen (secondary N) is 2. The van der Waals surface area contributed by atoms with Crippen molar-refractivity contribution < 1.29 is 14.3 Å². The fourth-order valence-electron chi connectivity index (χ4n) is 1.68. The highest BCUT2D eigenvalue weighted by Gasteiger charge is 2.09. The van der Waals surface area contributed by atoms with Crippen molar-refractivity contribution >= 4 is 23.8 Å². The Labute approximate surface area is 121 Å². The summed E-state index contributed by atoms with van der Waals surface area (Å²) in [6.07, 6.45) is 1.67. The highest BCUT2D eigenvalue weighted by atomic mass is 32.1. The predicted molar refractivity (Wildman–Crippen MR) is 79.1 cm³/mol. The predicted octanol–water partition coefficient (Wildman–Crippen LogP) is 3.01. The fourth-order valence-corrected chi connectivity index (χ4v) is 1.91. The van der Waals surface area contributed by atoms with E-state index in [0.717, 1.165) is 0 Å². The Morgan fingerprint density at radius 2 is 1.85 bits per heavy atom. The van der Waals surface area contributed by atoms with E-state index in [0.29, 0.717) is 27.4 Å².